The number of nitrogens with one attached hydrogen (secondary N) is 2. The zero-order chi connectivity index (χ0) is 15.6. The average Bonchev–Trinajstić information content (AvgIpc) is 3.05. The molecule has 1 aromatic heterocycles. The van der Waals surface area contributed by atoms with Crippen LogP contribution in [0, 0.1) is 5.92 Å². The molecule has 2 N–H and O–H groups in total. The first-order valence-corrected chi connectivity index (χ1v) is 8.72. The van der Waals surface area contributed by atoms with Crippen LogP contribution in [-0.4, -0.2) is 23.7 Å². The van der Waals surface area contributed by atoms with E-state index in [1.54, 1.807) is 6.26 Å². The Morgan fingerprint density at radius 3 is 2.83 bits per heavy atom. The average molecular weight is 434 g/mol. The van der Waals surface area contributed by atoms with Crippen molar-refractivity contribution >= 4 is 29.9 Å². The van der Waals surface area contributed by atoms with Gasteiger partial charge < -0.3 is 15.2 Å². The van der Waals surface area contributed by atoms with Gasteiger partial charge in [0.25, 0.3) is 0 Å². The second-order valence-electron chi connectivity index (χ2n) is 6.31. The zero-order valence-corrected chi connectivity index (χ0v) is 16.7. The molecule has 0 aromatic carbocycles. The molecule has 1 unspecified atom stereocenters. The lowest BCUT2D eigenvalue weighted by atomic mass is 9.85. The molecule has 0 saturated heterocycles. The van der Waals surface area contributed by atoms with E-state index < -0.39 is 0 Å². The molecular formula is C17H31IN4O. The van der Waals surface area contributed by atoms with Crippen LogP contribution in [0.15, 0.2) is 21.8 Å². The first kappa shape index (κ1) is 20.3. The van der Waals surface area contributed by atoms with Crippen molar-refractivity contribution in [2.75, 3.05) is 6.54 Å². The van der Waals surface area contributed by atoms with Crippen molar-refractivity contribution in [3.8, 4) is 0 Å². The van der Waals surface area contributed by atoms with E-state index in [9.17, 15) is 0 Å². The number of aromatic nitrogens is 1. The monoisotopic (exact) mass is 434 g/mol. The fourth-order valence-corrected chi connectivity index (χ4v) is 3.07. The van der Waals surface area contributed by atoms with Crippen LogP contribution in [0.1, 0.15) is 64.5 Å². The highest BCUT2D eigenvalue weighted by Gasteiger charge is 2.15. The highest BCUT2D eigenvalue weighted by atomic mass is 127. The van der Waals surface area contributed by atoms with Crippen molar-refractivity contribution in [3.05, 3.63) is 18.0 Å². The summed E-state index contributed by atoms with van der Waals surface area (Å²) < 4.78 is 4.83. The van der Waals surface area contributed by atoms with Crippen molar-refractivity contribution in [2.24, 2.45) is 10.9 Å². The number of aliphatic imine (C=N–C) groups is 1. The standard InChI is InChI=1S/C17H30N4O.HI/c1-3-18-17(19-13-16-11-12-22-21-16)20-14(2)9-10-15-7-5-4-6-8-15;/h11-12,14-15H,3-10,13H2,1-2H3,(H2,18,19,20);1H. The molecule has 0 bridgehead atoms. The lowest BCUT2D eigenvalue weighted by Gasteiger charge is -2.24. The van der Waals surface area contributed by atoms with E-state index in [-0.39, 0.29) is 24.0 Å². The van der Waals surface area contributed by atoms with Gasteiger partial charge in [0.05, 0.1) is 6.54 Å². The molecule has 23 heavy (non-hydrogen) atoms. The maximum Gasteiger partial charge on any atom is 0.191 e. The number of halogens is 1. The van der Waals surface area contributed by atoms with Gasteiger partial charge in [-0.1, -0.05) is 37.3 Å². The summed E-state index contributed by atoms with van der Waals surface area (Å²) in [6, 6.07) is 2.29. The summed E-state index contributed by atoms with van der Waals surface area (Å²) in [6.45, 7) is 5.73. The van der Waals surface area contributed by atoms with E-state index in [0.717, 1.165) is 24.1 Å². The fourth-order valence-electron chi connectivity index (χ4n) is 3.07. The number of nitrogens with zero attached hydrogens (tertiary/aromatic N) is 2. The minimum Gasteiger partial charge on any atom is -0.364 e. The molecule has 1 atom stereocenters. The van der Waals surface area contributed by atoms with E-state index in [2.05, 4.69) is 34.6 Å². The van der Waals surface area contributed by atoms with E-state index in [4.69, 9.17) is 4.52 Å². The number of hydrogen-bond acceptors (Lipinski definition) is 3. The summed E-state index contributed by atoms with van der Waals surface area (Å²) >= 11 is 0. The fraction of sp³-hybridized carbons (Fsp3) is 0.765. The van der Waals surface area contributed by atoms with Gasteiger partial charge in [0.1, 0.15) is 12.0 Å². The van der Waals surface area contributed by atoms with E-state index in [1.807, 2.05) is 6.07 Å². The Bertz CT molecular complexity index is 430. The molecule has 5 nitrogen and oxygen atoms in total. The minimum absolute atomic E-state index is 0. The minimum atomic E-state index is 0. The third kappa shape index (κ3) is 8.04. The van der Waals surface area contributed by atoms with Crippen LogP contribution < -0.4 is 10.6 Å². The second kappa shape index (κ2) is 11.7. The molecule has 2 rings (SSSR count). The Labute approximate surface area is 157 Å². The maximum atomic E-state index is 4.83. The third-order valence-corrected chi connectivity index (χ3v) is 4.35. The Morgan fingerprint density at radius 1 is 1.39 bits per heavy atom. The van der Waals surface area contributed by atoms with Crippen LogP contribution in [0.4, 0.5) is 0 Å². The molecule has 1 heterocycles. The Morgan fingerprint density at radius 2 is 2.17 bits per heavy atom. The normalized spacial score (nSPS) is 17.4. The molecule has 0 radical (unpaired) electrons. The highest BCUT2D eigenvalue weighted by Crippen LogP contribution is 2.27. The highest BCUT2D eigenvalue weighted by molar-refractivity contribution is 14.0. The van der Waals surface area contributed by atoms with Crippen LogP contribution >= 0.6 is 24.0 Å². The van der Waals surface area contributed by atoms with Gasteiger partial charge in [-0.25, -0.2) is 4.99 Å². The first-order valence-electron chi connectivity index (χ1n) is 8.72. The van der Waals surface area contributed by atoms with Crippen LogP contribution in [0.5, 0.6) is 0 Å². The van der Waals surface area contributed by atoms with Crippen LogP contribution in [-0.2, 0) is 6.54 Å². The summed E-state index contributed by atoms with van der Waals surface area (Å²) in [7, 11) is 0. The predicted octanol–water partition coefficient (Wildman–Crippen LogP) is 4.10. The molecular weight excluding hydrogens is 403 g/mol. The van der Waals surface area contributed by atoms with Crippen molar-refractivity contribution in [1.29, 1.82) is 0 Å². The Kier molecular flexibility index (Phi) is 10.3. The molecule has 1 fully saturated rings. The van der Waals surface area contributed by atoms with Gasteiger partial charge in [-0.3, -0.25) is 0 Å². The summed E-state index contributed by atoms with van der Waals surface area (Å²) in [5, 5.41) is 10.7. The van der Waals surface area contributed by atoms with Gasteiger partial charge in [0.15, 0.2) is 5.96 Å². The lowest BCUT2D eigenvalue weighted by Crippen LogP contribution is -2.42. The van der Waals surface area contributed by atoms with Gasteiger partial charge in [-0.2, -0.15) is 0 Å². The Hall–Kier alpha value is -0.790. The molecule has 1 aromatic rings. The van der Waals surface area contributed by atoms with Gasteiger partial charge in [0.2, 0.25) is 0 Å². The number of guanidine groups is 1. The third-order valence-electron chi connectivity index (χ3n) is 4.35. The van der Waals surface area contributed by atoms with Gasteiger partial charge >= 0.3 is 0 Å². The van der Waals surface area contributed by atoms with Crippen LogP contribution in [0.25, 0.3) is 0 Å². The quantitative estimate of drug-likeness (QED) is 0.386. The predicted molar refractivity (Wildman–Crippen MR) is 105 cm³/mol. The molecule has 6 heteroatoms. The van der Waals surface area contributed by atoms with Crippen molar-refractivity contribution < 1.29 is 4.52 Å². The van der Waals surface area contributed by atoms with Crippen molar-refractivity contribution in [2.45, 2.75) is 71.4 Å². The maximum absolute atomic E-state index is 4.83. The SMILES string of the molecule is CCNC(=NCc1ccon1)NC(C)CCC1CCCCC1.I. The summed E-state index contributed by atoms with van der Waals surface area (Å²) in [4.78, 5) is 4.56. The molecule has 0 spiro atoms. The molecule has 1 aliphatic rings. The summed E-state index contributed by atoms with van der Waals surface area (Å²) in [6.07, 6.45) is 11.3. The van der Waals surface area contributed by atoms with E-state index in [0.29, 0.717) is 12.6 Å². The molecule has 1 aliphatic carbocycles. The number of rotatable bonds is 7. The molecule has 0 amide bonds. The van der Waals surface area contributed by atoms with Gasteiger partial charge in [-0.15, -0.1) is 24.0 Å². The van der Waals surface area contributed by atoms with Crippen LogP contribution in [0.2, 0.25) is 0 Å². The van der Waals surface area contributed by atoms with Crippen molar-refractivity contribution in [3.63, 3.8) is 0 Å². The first-order chi connectivity index (χ1) is 10.8. The summed E-state index contributed by atoms with van der Waals surface area (Å²) in [5.74, 6) is 1.80. The zero-order valence-electron chi connectivity index (χ0n) is 14.4. The van der Waals surface area contributed by atoms with E-state index >= 15 is 0 Å². The lowest BCUT2D eigenvalue weighted by molar-refractivity contribution is 0.322. The van der Waals surface area contributed by atoms with Gasteiger partial charge in [0, 0.05) is 18.7 Å². The molecule has 0 aliphatic heterocycles. The van der Waals surface area contributed by atoms with E-state index in [1.165, 1.54) is 44.9 Å². The Balaban J connectivity index is 0.00000264. The topological polar surface area (TPSA) is 62.5 Å². The largest absolute Gasteiger partial charge is 0.364 e. The smallest absolute Gasteiger partial charge is 0.191 e. The molecule has 1 saturated carbocycles. The molecule has 132 valence electrons. The summed E-state index contributed by atoms with van der Waals surface area (Å²) in [5.41, 5.74) is 0.854. The van der Waals surface area contributed by atoms with Crippen molar-refractivity contribution in [1.82, 2.24) is 15.8 Å². The second-order valence-corrected chi connectivity index (χ2v) is 6.31. The number of hydrogen-bond donors (Lipinski definition) is 2. The van der Waals surface area contributed by atoms with Gasteiger partial charge in [-0.05, 0) is 32.6 Å². The van der Waals surface area contributed by atoms with Crippen LogP contribution in [0.3, 0.4) is 0 Å².